The van der Waals surface area contributed by atoms with Gasteiger partial charge in [-0.15, -0.1) is 0 Å². The molecule has 0 N–H and O–H groups in total. The molecular formula is C34H40NO4P2+. The monoisotopic (exact) mass is 588 g/mol. The molecule has 3 aromatic carbocycles. The van der Waals surface area contributed by atoms with E-state index in [-0.39, 0.29) is 5.91 Å². The van der Waals surface area contributed by atoms with Gasteiger partial charge in [0, 0.05) is 15.0 Å². The lowest BCUT2D eigenvalue weighted by atomic mass is 9.79. The Kier molecular flexibility index (Phi) is 12.6. The molecule has 0 spiro atoms. The van der Waals surface area contributed by atoms with Crippen molar-refractivity contribution in [2.24, 2.45) is 5.41 Å². The zero-order valence-corrected chi connectivity index (χ0v) is 26.7. The number of carbonyl (C=O) groups excluding carboxylic acids is 1. The first-order valence-corrected chi connectivity index (χ1v) is 16.9. The summed E-state index contributed by atoms with van der Waals surface area (Å²) in [6, 6.07) is 26.3. The van der Waals surface area contributed by atoms with E-state index in [4.69, 9.17) is 14.2 Å². The van der Waals surface area contributed by atoms with Gasteiger partial charge in [-0.3, -0.25) is 4.79 Å². The van der Waals surface area contributed by atoms with Gasteiger partial charge in [0.25, 0.3) is 5.76 Å². The van der Waals surface area contributed by atoms with Gasteiger partial charge in [-0.05, 0) is 62.3 Å². The molecule has 3 unspecified atom stereocenters. The van der Waals surface area contributed by atoms with E-state index in [1.165, 1.54) is 16.7 Å². The molecule has 214 valence electrons. The molecular weight excluding hydrogens is 548 g/mol. The minimum atomic E-state index is -0.429. The average molecular weight is 589 g/mol. The van der Waals surface area contributed by atoms with Crippen molar-refractivity contribution in [1.29, 1.82) is 0 Å². The van der Waals surface area contributed by atoms with E-state index in [1.807, 2.05) is 72.3 Å². The van der Waals surface area contributed by atoms with Gasteiger partial charge < -0.3 is 18.9 Å². The van der Waals surface area contributed by atoms with Gasteiger partial charge >= 0.3 is 0 Å². The van der Waals surface area contributed by atoms with Crippen LogP contribution in [0.15, 0.2) is 108 Å². The summed E-state index contributed by atoms with van der Waals surface area (Å²) in [5, 5.41) is 0. The van der Waals surface area contributed by atoms with Crippen LogP contribution >= 0.6 is 16.7 Å². The third-order valence-electron chi connectivity index (χ3n) is 6.78. The Bertz CT molecular complexity index is 1370. The number of carbonyl (C=O) groups is 1. The summed E-state index contributed by atoms with van der Waals surface area (Å²) in [6.45, 7) is 7.12. The number of hydrogen-bond donors (Lipinski definition) is 0. The summed E-state index contributed by atoms with van der Waals surface area (Å²) in [6.07, 6.45) is 9.83. The minimum absolute atomic E-state index is 0.236. The molecule has 5 nitrogen and oxygen atoms in total. The molecule has 1 saturated heterocycles. The van der Waals surface area contributed by atoms with Crippen molar-refractivity contribution in [2.45, 2.75) is 20.3 Å². The van der Waals surface area contributed by atoms with Crippen molar-refractivity contribution >= 4 is 22.6 Å². The van der Waals surface area contributed by atoms with Crippen LogP contribution in [0, 0.1) is 18.4 Å². The Balaban J connectivity index is 0.000000181. The van der Waals surface area contributed by atoms with Crippen molar-refractivity contribution in [3.63, 3.8) is 0 Å². The first kappa shape index (κ1) is 32.0. The number of nitrogens with zero attached hydrogens (tertiary/aromatic N) is 1. The summed E-state index contributed by atoms with van der Waals surface area (Å²) in [4.78, 5) is 12.5. The summed E-state index contributed by atoms with van der Waals surface area (Å²) < 4.78 is 17.3. The van der Waals surface area contributed by atoms with Gasteiger partial charge in [-0.2, -0.15) is 0 Å². The first-order chi connectivity index (χ1) is 19.8. The van der Waals surface area contributed by atoms with Crippen LogP contribution < -0.4 is 9.47 Å². The van der Waals surface area contributed by atoms with E-state index in [2.05, 4.69) is 56.1 Å². The number of rotatable bonds is 7. The van der Waals surface area contributed by atoms with Gasteiger partial charge in [0.05, 0.1) is 45.6 Å². The Morgan fingerprint density at radius 2 is 1.51 bits per heavy atom. The molecule has 5 rings (SSSR count). The van der Waals surface area contributed by atoms with Crippen molar-refractivity contribution in [3.05, 3.63) is 120 Å². The van der Waals surface area contributed by atoms with Crippen molar-refractivity contribution in [3.8, 4) is 22.6 Å². The van der Waals surface area contributed by atoms with E-state index >= 15 is 0 Å². The van der Waals surface area contributed by atoms with Gasteiger partial charge in [-0.25, -0.2) is 0 Å². The number of aryl methyl sites for hydroxylation is 1. The molecule has 7 heteroatoms. The number of methoxy groups -OCH3 is 3. The van der Waals surface area contributed by atoms with Gasteiger partial charge in [0.2, 0.25) is 5.91 Å². The third-order valence-corrected chi connectivity index (χ3v) is 9.18. The number of amides is 1. The van der Waals surface area contributed by atoms with Crippen LogP contribution in [-0.2, 0) is 9.53 Å². The molecule has 41 heavy (non-hydrogen) atoms. The van der Waals surface area contributed by atoms with Crippen molar-refractivity contribution < 1.29 is 19.0 Å². The maximum atomic E-state index is 12.5. The Morgan fingerprint density at radius 1 is 0.854 bits per heavy atom. The van der Waals surface area contributed by atoms with Gasteiger partial charge in [-0.1, -0.05) is 68.4 Å². The van der Waals surface area contributed by atoms with E-state index in [1.54, 1.807) is 21.3 Å². The lowest BCUT2D eigenvalue weighted by molar-refractivity contribution is -0.129. The van der Waals surface area contributed by atoms with Crippen LogP contribution in [0.5, 0.6) is 11.5 Å². The van der Waals surface area contributed by atoms with Crippen molar-refractivity contribution in [1.82, 2.24) is 4.67 Å². The summed E-state index contributed by atoms with van der Waals surface area (Å²) >= 11 is 0. The maximum Gasteiger partial charge on any atom is 0.289 e. The second-order valence-electron chi connectivity index (χ2n) is 9.65. The fourth-order valence-electron chi connectivity index (χ4n) is 4.41. The molecule has 0 saturated carbocycles. The molecule has 1 aliphatic heterocycles. The highest BCUT2D eigenvalue weighted by molar-refractivity contribution is 8.10. The molecule has 0 bridgehead atoms. The predicted molar refractivity (Wildman–Crippen MR) is 174 cm³/mol. The third kappa shape index (κ3) is 9.00. The highest BCUT2D eigenvalue weighted by Gasteiger charge is 2.48. The minimum Gasteiger partial charge on any atom is -0.497 e. The molecule has 1 heterocycles. The molecule has 2 aliphatic rings. The SMILES string of the molecule is COC1=CC=CC(C2(C)CCN(PPC)C2=O)=[C+]1.COc1cccc(-c2cccc(C)c2)c1.COc1ccccc1. The molecule has 1 aliphatic carbocycles. The van der Waals surface area contributed by atoms with Crippen LogP contribution in [0.2, 0.25) is 0 Å². The largest absolute Gasteiger partial charge is 0.497 e. The smallest absolute Gasteiger partial charge is 0.289 e. The second-order valence-corrected chi connectivity index (χ2v) is 13.1. The Morgan fingerprint density at radius 3 is 2.12 bits per heavy atom. The summed E-state index contributed by atoms with van der Waals surface area (Å²) in [5.74, 6) is 2.74. The highest BCUT2D eigenvalue weighted by atomic mass is 32.0. The standard InChI is InChI=1S/C14H14O.C13H18NO2P2.C7H8O/c1-11-5-3-6-12(9-11)13-7-4-8-14(10-13)15-2;1-13(7-8-14(12(13)15)18-17-3)10-5-4-6-11(9-10)16-2;1-8-7-5-3-2-4-6-7/h3-10H,1-2H3;4-6,17-18H,7-8H2,1-3H3;2-6H,1H3/q;+1;. The number of ether oxygens (including phenoxy) is 3. The van der Waals surface area contributed by atoms with Crippen LogP contribution in [-0.4, -0.2) is 45.1 Å². The number of benzene rings is 3. The Hall–Kier alpha value is -3.48. The van der Waals surface area contributed by atoms with E-state index < -0.39 is 5.41 Å². The summed E-state index contributed by atoms with van der Waals surface area (Å²) in [7, 11) is 6.41. The molecule has 3 atom stereocenters. The zero-order valence-electron chi connectivity index (χ0n) is 24.7. The van der Waals surface area contributed by atoms with E-state index in [0.29, 0.717) is 14.2 Å². The Labute approximate surface area is 248 Å². The lowest BCUT2D eigenvalue weighted by Gasteiger charge is -2.21. The average Bonchev–Trinajstić information content (AvgIpc) is 3.32. The topological polar surface area (TPSA) is 48.0 Å². The van der Waals surface area contributed by atoms with Crippen molar-refractivity contribution in [2.75, 3.05) is 34.5 Å². The van der Waals surface area contributed by atoms with Gasteiger partial charge in [0.15, 0.2) is 0 Å². The fraction of sp³-hybridized carbons (Fsp3) is 0.265. The predicted octanol–water partition coefficient (Wildman–Crippen LogP) is 8.24. The maximum absolute atomic E-state index is 12.5. The number of allylic oxidation sites excluding steroid dienone is 4. The van der Waals surface area contributed by atoms with Gasteiger partial charge in [0.1, 0.15) is 22.5 Å². The van der Waals surface area contributed by atoms with Crippen LogP contribution in [0.1, 0.15) is 18.9 Å². The number of hydrogen-bond acceptors (Lipinski definition) is 4. The first-order valence-electron chi connectivity index (χ1n) is 13.5. The van der Waals surface area contributed by atoms with Crippen LogP contribution in [0.4, 0.5) is 0 Å². The molecule has 0 aromatic heterocycles. The normalized spacial score (nSPS) is 17.7. The molecule has 0 radical (unpaired) electrons. The second kappa shape index (κ2) is 16.1. The summed E-state index contributed by atoms with van der Waals surface area (Å²) in [5.41, 5.74) is 4.21. The lowest BCUT2D eigenvalue weighted by Crippen LogP contribution is -2.29. The quantitative estimate of drug-likeness (QED) is 0.206. The van der Waals surface area contributed by atoms with E-state index in [9.17, 15) is 4.79 Å². The fourth-order valence-corrected chi connectivity index (χ4v) is 6.70. The van der Waals surface area contributed by atoms with E-state index in [0.717, 1.165) is 38.3 Å². The highest BCUT2D eigenvalue weighted by Crippen LogP contribution is 2.48. The zero-order chi connectivity index (χ0) is 29.7. The molecule has 1 amide bonds. The number of para-hydroxylation sites is 1. The molecule has 1 fully saturated rings. The van der Waals surface area contributed by atoms with Crippen LogP contribution in [0.3, 0.4) is 0 Å². The molecule has 3 aromatic rings. The van der Waals surface area contributed by atoms with Crippen LogP contribution in [0.25, 0.3) is 11.1 Å².